The highest BCUT2D eigenvalue weighted by Gasteiger charge is 2.01. The van der Waals surface area contributed by atoms with Crippen molar-refractivity contribution in [1.29, 1.82) is 0 Å². The van der Waals surface area contributed by atoms with E-state index in [2.05, 4.69) is 24.3 Å². The molecule has 0 fully saturated rings. The van der Waals surface area contributed by atoms with E-state index in [9.17, 15) is 0 Å². The van der Waals surface area contributed by atoms with Crippen molar-refractivity contribution in [2.75, 3.05) is 11.9 Å². The van der Waals surface area contributed by atoms with Crippen molar-refractivity contribution in [2.24, 2.45) is 13.0 Å². The largest absolute Gasteiger partial charge is 0.368 e. The SMILES string of the molecule is CCC[C@@H](C)CNc1ccn(C)n1. The van der Waals surface area contributed by atoms with Gasteiger partial charge in [-0.05, 0) is 12.3 Å². The minimum atomic E-state index is 0.729. The van der Waals surface area contributed by atoms with Crippen molar-refractivity contribution < 1.29 is 0 Å². The molecule has 0 aliphatic carbocycles. The predicted octanol–water partition coefficient (Wildman–Crippen LogP) is 2.27. The van der Waals surface area contributed by atoms with Crippen LogP contribution in [-0.2, 0) is 7.05 Å². The summed E-state index contributed by atoms with van der Waals surface area (Å²) in [6.45, 7) is 5.50. The summed E-state index contributed by atoms with van der Waals surface area (Å²) in [6, 6.07) is 2.00. The van der Waals surface area contributed by atoms with Crippen molar-refractivity contribution in [3.05, 3.63) is 12.3 Å². The third kappa shape index (κ3) is 3.49. The summed E-state index contributed by atoms with van der Waals surface area (Å²) < 4.78 is 1.81. The van der Waals surface area contributed by atoms with Gasteiger partial charge in [0.2, 0.25) is 0 Å². The van der Waals surface area contributed by atoms with Crippen LogP contribution < -0.4 is 5.32 Å². The van der Waals surface area contributed by atoms with Crippen molar-refractivity contribution in [2.45, 2.75) is 26.7 Å². The van der Waals surface area contributed by atoms with Crippen molar-refractivity contribution >= 4 is 5.82 Å². The predicted molar refractivity (Wildman–Crippen MR) is 55.8 cm³/mol. The molecule has 1 heterocycles. The quantitative estimate of drug-likeness (QED) is 0.755. The van der Waals surface area contributed by atoms with Crippen LogP contribution in [0.1, 0.15) is 26.7 Å². The van der Waals surface area contributed by atoms with E-state index < -0.39 is 0 Å². The summed E-state index contributed by atoms with van der Waals surface area (Å²) in [4.78, 5) is 0. The standard InChI is InChI=1S/C10H19N3/c1-4-5-9(2)8-11-10-6-7-13(3)12-10/h6-7,9H,4-5,8H2,1-3H3,(H,11,12)/t9-/m1/s1. The molecule has 0 amide bonds. The summed E-state index contributed by atoms with van der Waals surface area (Å²) >= 11 is 0. The average Bonchev–Trinajstić information content (AvgIpc) is 2.49. The number of nitrogens with one attached hydrogen (secondary N) is 1. The lowest BCUT2D eigenvalue weighted by atomic mass is 10.1. The maximum atomic E-state index is 4.25. The second kappa shape index (κ2) is 4.90. The molecule has 1 atom stereocenters. The highest BCUT2D eigenvalue weighted by Crippen LogP contribution is 2.07. The topological polar surface area (TPSA) is 29.9 Å². The lowest BCUT2D eigenvalue weighted by Crippen LogP contribution is -2.11. The molecular formula is C10H19N3. The molecule has 0 saturated carbocycles. The Kier molecular flexibility index (Phi) is 3.80. The molecule has 3 heteroatoms. The highest BCUT2D eigenvalue weighted by molar-refractivity contribution is 5.31. The van der Waals surface area contributed by atoms with Crippen LogP contribution in [0, 0.1) is 5.92 Å². The minimum Gasteiger partial charge on any atom is -0.368 e. The molecular weight excluding hydrogens is 162 g/mol. The third-order valence-electron chi connectivity index (χ3n) is 2.13. The summed E-state index contributed by atoms with van der Waals surface area (Å²) in [5, 5.41) is 7.57. The Morgan fingerprint density at radius 2 is 2.38 bits per heavy atom. The lowest BCUT2D eigenvalue weighted by molar-refractivity contribution is 0.549. The van der Waals surface area contributed by atoms with Gasteiger partial charge < -0.3 is 5.32 Å². The van der Waals surface area contributed by atoms with Crippen LogP contribution >= 0.6 is 0 Å². The Balaban J connectivity index is 2.26. The first kappa shape index (κ1) is 10.1. The molecule has 0 spiro atoms. The smallest absolute Gasteiger partial charge is 0.147 e. The number of rotatable bonds is 5. The number of anilines is 1. The Hall–Kier alpha value is -0.990. The lowest BCUT2D eigenvalue weighted by Gasteiger charge is -2.10. The Labute approximate surface area is 80.1 Å². The van der Waals surface area contributed by atoms with Crippen LogP contribution in [0.15, 0.2) is 12.3 Å². The van der Waals surface area contributed by atoms with Gasteiger partial charge in [0.05, 0.1) is 0 Å². The normalized spacial score (nSPS) is 12.8. The molecule has 1 aromatic heterocycles. The summed E-state index contributed by atoms with van der Waals surface area (Å²) in [6.07, 6.45) is 4.48. The van der Waals surface area contributed by atoms with Crippen LogP contribution in [0.4, 0.5) is 5.82 Å². The van der Waals surface area contributed by atoms with Crippen LogP contribution in [0.2, 0.25) is 0 Å². The summed E-state index contributed by atoms with van der Waals surface area (Å²) in [5.74, 6) is 1.71. The zero-order chi connectivity index (χ0) is 9.68. The minimum absolute atomic E-state index is 0.729. The van der Waals surface area contributed by atoms with Gasteiger partial charge in [0.15, 0.2) is 0 Å². The molecule has 0 aromatic carbocycles. The summed E-state index contributed by atoms with van der Waals surface area (Å²) in [7, 11) is 1.93. The molecule has 1 aromatic rings. The second-order valence-electron chi connectivity index (χ2n) is 3.65. The van der Waals surface area contributed by atoms with E-state index in [0.717, 1.165) is 18.3 Å². The van der Waals surface area contributed by atoms with Crippen LogP contribution in [-0.4, -0.2) is 16.3 Å². The van der Waals surface area contributed by atoms with Gasteiger partial charge in [0, 0.05) is 25.9 Å². The monoisotopic (exact) mass is 181 g/mol. The van der Waals surface area contributed by atoms with Gasteiger partial charge in [-0.25, -0.2) is 0 Å². The number of nitrogens with zero attached hydrogens (tertiary/aromatic N) is 2. The van der Waals surface area contributed by atoms with Crippen LogP contribution in [0.25, 0.3) is 0 Å². The number of hydrogen-bond donors (Lipinski definition) is 1. The van der Waals surface area contributed by atoms with Crippen LogP contribution in [0.5, 0.6) is 0 Å². The molecule has 0 saturated heterocycles. The Morgan fingerprint density at radius 1 is 1.62 bits per heavy atom. The third-order valence-corrected chi connectivity index (χ3v) is 2.13. The fourth-order valence-corrected chi connectivity index (χ4v) is 1.38. The zero-order valence-corrected chi connectivity index (χ0v) is 8.75. The first-order valence-electron chi connectivity index (χ1n) is 4.96. The molecule has 0 bridgehead atoms. The number of hydrogen-bond acceptors (Lipinski definition) is 2. The van der Waals surface area contributed by atoms with Gasteiger partial charge >= 0.3 is 0 Å². The first-order chi connectivity index (χ1) is 6.22. The number of aromatic nitrogens is 2. The van der Waals surface area contributed by atoms with E-state index in [4.69, 9.17) is 0 Å². The van der Waals surface area contributed by atoms with Gasteiger partial charge in [-0.2, -0.15) is 5.10 Å². The average molecular weight is 181 g/mol. The van der Waals surface area contributed by atoms with Gasteiger partial charge in [0.25, 0.3) is 0 Å². The summed E-state index contributed by atoms with van der Waals surface area (Å²) in [5.41, 5.74) is 0. The fourth-order valence-electron chi connectivity index (χ4n) is 1.38. The molecule has 13 heavy (non-hydrogen) atoms. The number of aryl methyl sites for hydroxylation is 1. The second-order valence-corrected chi connectivity index (χ2v) is 3.65. The molecule has 0 aliphatic rings. The maximum absolute atomic E-state index is 4.25. The van der Waals surface area contributed by atoms with Gasteiger partial charge in [-0.3, -0.25) is 4.68 Å². The van der Waals surface area contributed by atoms with Gasteiger partial charge in [-0.1, -0.05) is 20.3 Å². The first-order valence-corrected chi connectivity index (χ1v) is 4.96. The van der Waals surface area contributed by atoms with E-state index in [-0.39, 0.29) is 0 Å². The molecule has 0 unspecified atom stereocenters. The van der Waals surface area contributed by atoms with Crippen molar-refractivity contribution in [1.82, 2.24) is 9.78 Å². The van der Waals surface area contributed by atoms with Crippen molar-refractivity contribution in [3.63, 3.8) is 0 Å². The molecule has 1 N–H and O–H groups in total. The molecule has 3 nitrogen and oxygen atoms in total. The van der Waals surface area contributed by atoms with E-state index in [1.807, 2.05) is 24.0 Å². The van der Waals surface area contributed by atoms with E-state index in [0.29, 0.717) is 0 Å². The maximum Gasteiger partial charge on any atom is 0.147 e. The zero-order valence-electron chi connectivity index (χ0n) is 8.75. The fraction of sp³-hybridized carbons (Fsp3) is 0.700. The van der Waals surface area contributed by atoms with Crippen molar-refractivity contribution in [3.8, 4) is 0 Å². The van der Waals surface area contributed by atoms with E-state index in [1.165, 1.54) is 12.8 Å². The van der Waals surface area contributed by atoms with Gasteiger partial charge in [0.1, 0.15) is 5.82 Å². The van der Waals surface area contributed by atoms with Crippen LogP contribution in [0.3, 0.4) is 0 Å². The highest BCUT2D eigenvalue weighted by atomic mass is 15.3. The van der Waals surface area contributed by atoms with Gasteiger partial charge in [-0.15, -0.1) is 0 Å². The molecule has 74 valence electrons. The Morgan fingerprint density at radius 3 is 2.92 bits per heavy atom. The van der Waals surface area contributed by atoms with E-state index in [1.54, 1.807) is 0 Å². The molecule has 1 rings (SSSR count). The van der Waals surface area contributed by atoms with E-state index >= 15 is 0 Å². The molecule has 0 aliphatic heterocycles. The molecule has 0 radical (unpaired) electrons. The Bertz CT molecular complexity index is 242.